The number of rotatable bonds is 5. The molecule has 1 N–H and O–H groups in total. The molecule has 0 amide bonds. The van der Waals surface area contributed by atoms with Gasteiger partial charge in [0.2, 0.25) is 0 Å². The van der Waals surface area contributed by atoms with Crippen LogP contribution in [-0.2, 0) is 0 Å². The Morgan fingerprint density at radius 2 is 2.00 bits per heavy atom. The molecule has 0 spiro atoms. The van der Waals surface area contributed by atoms with Crippen LogP contribution in [0.1, 0.15) is 24.7 Å². The molecule has 0 saturated carbocycles. The number of nitriles is 1. The maximum Gasteiger partial charge on any atom is 0.156 e. The van der Waals surface area contributed by atoms with Gasteiger partial charge in [-0.2, -0.15) is 5.26 Å². The largest absolute Gasteiger partial charge is 0.490 e. The summed E-state index contributed by atoms with van der Waals surface area (Å²) < 4.78 is 5.56. The minimum Gasteiger partial charge on any atom is -0.490 e. The van der Waals surface area contributed by atoms with Crippen molar-refractivity contribution >= 4 is 45.9 Å². The van der Waals surface area contributed by atoms with E-state index in [1.807, 2.05) is 31.2 Å². The molecule has 25 heavy (non-hydrogen) atoms. The number of allylic oxidation sites excluding steroid dienone is 1. The molecule has 3 rings (SSSR count). The van der Waals surface area contributed by atoms with E-state index in [2.05, 4.69) is 16.0 Å². The van der Waals surface area contributed by atoms with Gasteiger partial charge < -0.3 is 9.72 Å². The van der Waals surface area contributed by atoms with E-state index >= 15 is 0 Å². The summed E-state index contributed by atoms with van der Waals surface area (Å²) in [6.07, 6.45) is 2.55. The van der Waals surface area contributed by atoms with Crippen molar-refractivity contribution in [2.75, 3.05) is 6.61 Å². The van der Waals surface area contributed by atoms with Gasteiger partial charge in [0.1, 0.15) is 11.9 Å². The molecule has 3 aromatic rings. The number of benzene rings is 2. The Morgan fingerprint density at radius 3 is 2.64 bits per heavy atom. The molecule has 0 atom stereocenters. The first-order chi connectivity index (χ1) is 12.1. The highest BCUT2D eigenvalue weighted by Crippen LogP contribution is 2.35. The van der Waals surface area contributed by atoms with E-state index in [-0.39, 0.29) is 0 Å². The van der Waals surface area contributed by atoms with Gasteiger partial charge in [0.05, 0.1) is 33.3 Å². The van der Waals surface area contributed by atoms with Crippen molar-refractivity contribution < 1.29 is 4.74 Å². The zero-order valence-corrected chi connectivity index (χ0v) is 15.0. The van der Waals surface area contributed by atoms with Crippen LogP contribution in [-0.4, -0.2) is 16.6 Å². The smallest absolute Gasteiger partial charge is 0.156 e. The van der Waals surface area contributed by atoms with E-state index in [0.29, 0.717) is 39.4 Å². The summed E-state index contributed by atoms with van der Waals surface area (Å²) in [6, 6.07) is 13.2. The van der Waals surface area contributed by atoms with Crippen molar-refractivity contribution in [2.45, 2.75) is 13.3 Å². The van der Waals surface area contributed by atoms with E-state index in [0.717, 1.165) is 17.5 Å². The number of aromatic amines is 1. The normalized spacial score (nSPS) is 11.5. The molecule has 4 nitrogen and oxygen atoms in total. The third kappa shape index (κ3) is 3.79. The van der Waals surface area contributed by atoms with Crippen LogP contribution >= 0.6 is 23.2 Å². The van der Waals surface area contributed by atoms with Crippen LogP contribution in [0.4, 0.5) is 0 Å². The highest BCUT2D eigenvalue weighted by atomic mass is 35.5. The van der Waals surface area contributed by atoms with Gasteiger partial charge in [-0.3, -0.25) is 0 Å². The molecule has 126 valence electrons. The number of para-hydroxylation sites is 2. The molecule has 0 fully saturated rings. The molecule has 6 heteroatoms. The second-order valence-corrected chi connectivity index (χ2v) is 6.25. The van der Waals surface area contributed by atoms with Gasteiger partial charge in [-0.1, -0.05) is 42.3 Å². The number of ether oxygens (including phenoxy) is 1. The molecule has 0 bridgehead atoms. The van der Waals surface area contributed by atoms with Crippen molar-refractivity contribution in [3.8, 4) is 11.8 Å². The molecule has 2 aromatic carbocycles. The SMILES string of the molecule is CCCOc1c(Cl)cc(/C=C(\C#N)c2nc3ccccc3[nH]2)cc1Cl. The number of hydrogen-bond acceptors (Lipinski definition) is 3. The Balaban J connectivity index is 1.98. The Bertz CT molecular complexity index is 930. The van der Waals surface area contributed by atoms with Gasteiger partial charge in [-0.05, 0) is 42.3 Å². The van der Waals surface area contributed by atoms with Crippen LogP contribution in [0, 0.1) is 11.3 Å². The van der Waals surface area contributed by atoms with Crippen LogP contribution in [0.3, 0.4) is 0 Å². The maximum absolute atomic E-state index is 9.51. The first-order valence-electron chi connectivity index (χ1n) is 7.81. The lowest BCUT2D eigenvalue weighted by molar-refractivity contribution is 0.318. The second-order valence-electron chi connectivity index (χ2n) is 5.43. The molecule has 0 aliphatic rings. The number of nitrogens with one attached hydrogen (secondary N) is 1. The molecular weight excluding hydrogens is 357 g/mol. The number of fused-ring (bicyclic) bond motifs is 1. The van der Waals surface area contributed by atoms with Crippen molar-refractivity contribution in [3.05, 3.63) is 57.8 Å². The van der Waals surface area contributed by atoms with Crippen LogP contribution in [0.5, 0.6) is 5.75 Å². The summed E-state index contributed by atoms with van der Waals surface area (Å²) in [7, 11) is 0. The molecule has 0 aliphatic carbocycles. The fourth-order valence-corrected chi connectivity index (χ4v) is 3.02. The van der Waals surface area contributed by atoms with Crippen LogP contribution in [0.2, 0.25) is 10.0 Å². The van der Waals surface area contributed by atoms with Gasteiger partial charge in [0, 0.05) is 0 Å². The van der Waals surface area contributed by atoms with Crippen molar-refractivity contribution in [2.24, 2.45) is 0 Å². The lowest BCUT2D eigenvalue weighted by atomic mass is 10.1. The van der Waals surface area contributed by atoms with E-state index in [1.54, 1.807) is 18.2 Å². The lowest BCUT2D eigenvalue weighted by Crippen LogP contribution is -1.96. The predicted octanol–water partition coefficient (Wildman–Crippen LogP) is 5.72. The number of nitrogens with zero attached hydrogens (tertiary/aromatic N) is 2. The minimum absolute atomic E-state index is 0.394. The topological polar surface area (TPSA) is 61.7 Å². The van der Waals surface area contributed by atoms with E-state index in [9.17, 15) is 5.26 Å². The number of hydrogen-bond donors (Lipinski definition) is 1. The van der Waals surface area contributed by atoms with E-state index < -0.39 is 0 Å². The van der Waals surface area contributed by atoms with E-state index in [1.165, 1.54) is 0 Å². The molecule has 0 unspecified atom stereocenters. The standard InChI is InChI=1S/C19H15Cl2N3O/c1-2-7-25-18-14(20)9-12(10-15(18)21)8-13(11-22)19-23-16-5-3-4-6-17(16)24-19/h3-6,8-10H,2,7H2,1H3,(H,23,24)/b13-8+. The van der Waals surface area contributed by atoms with Crippen molar-refractivity contribution in [1.29, 1.82) is 5.26 Å². The summed E-state index contributed by atoms with van der Waals surface area (Å²) >= 11 is 12.5. The Kier molecular flexibility index (Phi) is 5.28. The third-order valence-electron chi connectivity index (χ3n) is 3.55. The first kappa shape index (κ1) is 17.3. The fraction of sp³-hybridized carbons (Fsp3) is 0.158. The lowest BCUT2D eigenvalue weighted by Gasteiger charge is -2.10. The molecule has 0 saturated heterocycles. The monoisotopic (exact) mass is 371 g/mol. The fourth-order valence-electron chi connectivity index (χ4n) is 2.41. The summed E-state index contributed by atoms with van der Waals surface area (Å²) in [5.41, 5.74) is 2.78. The Morgan fingerprint density at radius 1 is 1.28 bits per heavy atom. The molecule has 1 aromatic heterocycles. The van der Waals surface area contributed by atoms with Crippen LogP contribution in [0.25, 0.3) is 22.7 Å². The van der Waals surface area contributed by atoms with Crippen LogP contribution < -0.4 is 4.74 Å². The van der Waals surface area contributed by atoms with Gasteiger partial charge >= 0.3 is 0 Å². The zero-order chi connectivity index (χ0) is 17.8. The number of halogens is 2. The van der Waals surface area contributed by atoms with Gasteiger partial charge in [0.25, 0.3) is 0 Å². The van der Waals surface area contributed by atoms with Gasteiger partial charge in [-0.25, -0.2) is 4.98 Å². The van der Waals surface area contributed by atoms with Crippen molar-refractivity contribution in [1.82, 2.24) is 9.97 Å². The predicted molar refractivity (Wildman–Crippen MR) is 102 cm³/mol. The van der Waals surface area contributed by atoms with Crippen LogP contribution in [0.15, 0.2) is 36.4 Å². The number of imidazole rings is 1. The van der Waals surface area contributed by atoms with Gasteiger partial charge in [0.15, 0.2) is 5.75 Å². The maximum atomic E-state index is 9.51. The Hall–Kier alpha value is -2.48. The summed E-state index contributed by atoms with van der Waals surface area (Å²) in [4.78, 5) is 7.59. The van der Waals surface area contributed by atoms with Gasteiger partial charge in [-0.15, -0.1) is 0 Å². The highest BCUT2D eigenvalue weighted by molar-refractivity contribution is 6.37. The second kappa shape index (κ2) is 7.60. The van der Waals surface area contributed by atoms with Crippen molar-refractivity contribution in [3.63, 3.8) is 0 Å². The molecular formula is C19H15Cl2N3O. The highest BCUT2D eigenvalue weighted by Gasteiger charge is 2.11. The third-order valence-corrected chi connectivity index (χ3v) is 4.11. The quantitative estimate of drug-likeness (QED) is 0.583. The molecule has 0 radical (unpaired) electrons. The summed E-state index contributed by atoms with van der Waals surface area (Å²) in [6.45, 7) is 2.54. The molecule has 1 heterocycles. The Labute approximate surface area is 155 Å². The minimum atomic E-state index is 0.394. The first-order valence-corrected chi connectivity index (χ1v) is 8.56. The number of H-pyrrole nitrogens is 1. The summed E-state index contributed by atoms with van der Waals surface area (Å²) in [5.74, 6) is 0.965. The zero-order valence-electron chi connectivity index (χ0n) is 13.5. The number of aromatic nitrogens is 2. The van der Waals surface area contributed by atoms with E-state index in [4.69, 9.17) is 27.9 Å². The summed E-state index contributed by atoms with van der Waals surface area (Å²) in [5, 5.41) is 10.3. The average molecular weight is 372 g/mol. The average Bonchev–Trinajstić information content (AvgIpc) is 3.03. The molecule has 0 aliphatic heterocycles.